The number of amides is 1. The number of esters is 1. The summed E-state index contributed by atoms with van der Waals surface area (Å²) < 4.78 is 4.98. The van der Waals surface area contributed by atoms with Gasteiger partial charge in [0, 0.05) is 16.8 Å². The van der Waals surface area contributed by atoms with Crippen LogP contribution in [0.25, 0.3) is 6.08 Å². The van der Waals surface area contributed by atoms with Crippen molar-refractivity contribution in [2.75, 3.05) is 11.9 Å². The first kappa shape index (κ1) is 19.7. The molecule has 1 N–H and O–H groups in total. The van der Waals surface area contributed by atoms with Crippen LogP contribution in [0, 0.1) is 0 Å². The fourth-order valence-electron chi connectivity index (χ4n) is 2.40. The molecule has 1 atom stereocenters. The molecule has 136 valence electrons. The number of rotatable bonds is 7. The van der Waals surface area contributed by atoms with E-state index in [0.29, 0.717) is 16.5 Å². The predicted molar refractivity (Wildman–Crippen MR) is 105 cm³/mol. The molecular weight excluding hydrogens is 350 g/mol. The van der Waals surface area contributed by atoms with Crippen LogP contribution >= 0.6 is 11.6 Å². The lowest BCUT2D eigenvalue weighted by Gasteiger charge is -2.15. The van der Waals surface area contributed by atoms with Crippen molar-refractivity contribution in [2.45, 2.75) is 26.2 Å². The number of nitrogens with one attached hydrogen (secondary N) is 1. The number of ether oxygens (including phenoxy) is 1. The summed E-state index contributed by atoms with van der Waals surface area (Å²) in [6, 6.07) is 14.8. The minimum absolute atomic E-state index is 0.326. The van der Waals surface area contributed by atoms with Gasteiger partial charge < -0.3 is 10.1 Å². The third kappa shape index (κ3) is 5.74. The molecule has 0 aliphatic carbocycles. The van der Waals surface area contributed by atoms with E-state index in [-0.39, 0.29) is 12.5 Å². The maximum atomic E-state index is 12.1. The number of benzene rings is 2. The van der Waals surface area contributed by atoms with E-state index in [2.05, 4.69) is 19.2 Å². The molecule has 4 nitrogen and oxygen atoms in total. The van der Waals surface area contributed by atoms with Crippen molar-refractivity contribution in [2.24, 2.45) is 0 Å². The van der Waals surface area contributed by atoms with E-state index in [1.54, 1.807) is 24.3 Å². The van der Waals surface area contributed by atoms with E-state index in [4.69, 9.17) is 16.3 Å². The van der Waals surface area contributed by atoms with Gasteiger partial charge in [-0.15, -0.1) is 0 Å². The summed E-state index contributed by atoms with van der Waals surface area (Å²) in [7, 11) is 0. The topological polar surface area (TPSA) is 55.4 Å². The Bertz CT molecular complexity index is 801. The molecule has 2 aromatic carbocycles. The molecule has 0 aromatic heterocycles. The van der Waals surface area contributed by atoms with Gasteiger partial charge in [-0.3, -0.25) is 4.79 Å². The fourth-order valence-corrected chi connectivity index (χ4v) is 2.60. The van der Waals surface area contributed by atoms with Crippen LogP contribution in [0.4, 0.5) is 5.69 Å². The lowest BCUT2D eigenvalue weighted by atomic mass is 9.97. The Labute approximate surface area is 158 Å². The standard InChI is InChI=1S/C21H22ClNO3/c1-3-15(2)17-9-5-7-11-19(17)23-20(24)14-26-21(25)13-12-16-8-4-6-10-18(16)22/h4-13,15H,3,14H2,1-2H3,(H,23,24)/b13-12+/t15-/m0/s1. The number of carbonyl (C=O) groups is 2. The Balaban J connectivity index is 1.89. The molecule has 0 saturated heterocycles. The van der Waals surface area contributed by atoms with Crippen molar-refractivity contribution in [3.63, 3.8) is 0 Å². The van der Waals surface area contributed by atoms with Crippen LogP contribution in [0.1, 0.15) is 37.3 Å². The molecule has 0 spiro atoms. The van der Waals surface area contributed by atoms with Crippen LogP contribution in [0.3, 0.4) is 0 Å². The van der Waals surface area contributed by atoms with Crippen LogP contribution in [-0.2, 0) is 14.3 Å². The molecule has 0 fully saturated rings. The molecular formula is C21H22ClNO3. The second-order valence-electron chi connectivity index (χ2n) is 5.91. The van der Waals surface area contributed by atoms with Crippen molar-refractivity contribution in [1.82, 2.24) is 0 Å². The first-order chi connectivity index (χ1) is 12.5. The largest absolute Gasteiger partial charge is 0.452 e. The molecule has 0 aliphatic rings. The van der Waals surface area contributed by atoms with Crippen molar-refractivity contribution >= 4 is 35.2 Å². The molecule has 2 aromatic rings. The molecule has 5 heteroatoms. The smallest absolute Gasteiger partial charge is 0.331 e. The zero-order chi connectivity index (χ0) is 18.9. The highest BCUT2D eigenvalue weighted by Crippen LogP contribution is 2.26. The SMILES string of the molecule is CC[C@H](C)c1ccccc1NC(=O)COC(=O)/C=C/c1ccccc1Cl. The summed E-state index contributed by atoms with van der Waals surface area (Å²) in [6.07, 6.45) is 3.77. The Morgan fingerprint density at radius 2 is 1.85 bits per heavy atom. The van der Waals surface area contributed by atoms with Crippen LogP contribution in [-0.4, -0.2) is 18.5 Å². The summed E-state index contributed by atoms with van der Waals surface area (Å²) in [4.78, 5) is 23.8. The molecule has 1 amide bonds. The third-order valence-corrected chi connectivity index (χ3v) is 4.37. The number of carbonyl (C=O) groups excluding carboxylic acids is 2. The van der Waals surface area contributed by atoms with Gasteiger partial charge in [0.05, 0.1) is 0 Å². The van der Waals surface area contributed by atoms with E-state index in [1.165, 1.54) is 6.08 Å². The Hall–Kier alpha value is -2.59. The van der Waals surface area contributed by atoms with Crippen molar-refractivity contribution in [1.29, 1.82) is 0 Å². The van der Waals surface area contributed by atoms with Gasteiger partial charge in [0.15, 0.2) is 6.61 Å². The average molecular weight is 372 g/mol. The zero-order valence-electron chi connectivity index (χ0n) is 14.9. The van der Waals surface area contributed by atoms with Crippen LogP contribution in [0.15, 0.2) is 54.6 Å². The highest BCUT2D eigenvalue weighted by atomic mass is 35.5. The molecule has 0 heterocycles. The first-order valence-corrected chi connectivity index (χ1v) is 8.87. The molecule has 26 heavy (non-hydrogen) atoms. The van der Waals surface area contributed by atoms with Gasteiger partial charge in [-0.25, -0.2) is 4.79 Å². The predicted octanol–water partition coefficient (Wildman–Crippen LogP) is 5.05. The van der Waals surface area contributed by atoms with Gasteiger partial charge in [-0.2, -0.15) is 0 Å². The third-order valence-electron chi connectivity index (χ3n) is 4.03. The van der Waals surface area contributed by atoms with Crippen molar-refractivity contribution in [3.05, 3.63) is 70.8 Å². The highest BCUT2D eigenvalue weighted by Gasteiger charge is 2.12. The van der Waals surface area contributed by atoms with Gasteiger partial charge in [-0.1, -0.05) is 61.8 Å². The van der Waals surface area contributed by atoms with E-state index in [1.807, 2.05) is 30.3 Å². The minimum Gasteiger partial charge on any atom is -0.452 e. The maximum Gasteiger partial charge on any atom is 0.331 e. The lowest BCUT2D eigenvalue weighted by Crippen LogP contribution is -2.21. The van der Waals surface area contributed by atoms with E-state index < -0.39 is 5.97 Å². The Kier molecular flexibility index (Phi) is 7.42. The number of hydrogen-bond acceptors (Lipinski definition) is 3. The number of hydrogen-bond donors (Lipinski definition) is 1. The molecule has 2 rings (SSSR count). The van der Waals surface area contributed by atoms with Gasteiger partial charge in [0.1, 0.15) is 0 Å². The maximum absolute atomic E-state index is 12.1. The van der Waals surface area contributed by atoms with E-state index in [9.17, 15) is 9.59 Å². The fraction of sp³-hybridized carbons (Fsp3) is 0.238. The second kappa shape index (κ2) is 9.78. The second-order valence-corrected chi connectivity index (χ2v) is 6.31. The van der Waals surface area contributed by atoms with Gasteiger partial charge >= 0.3 is 5.97 Å². The van der Waals surface area contributed by atoms with Crippen LogP contribution < -0.4 is 5.32 Å². The lowest BCUT2D eigenvalue weighted by molar-refractivity contribution is -0.142. The summed E-state index contributed by atoms with van der Waals surface area (Å²) in [5, 5.41) is 3.34. The minimum atomic E-state index is -0.602. The Morgan fingerprint density at radius 3 is 2.58 bits per heavy atom. The number of halogens is 1. The zero-order valence-corrected chi connectivity index (χ0v) is 15.6. The van der Waals surface area contributed by atoms with Gasteiger partial charge in [0.2, 0.25) is 0 Å². The molecule has 0 bridgehead atoms. The van der Waals surface area contributed by atoms with Crippen molar-refractivity contribution in [3.8, 4) is 0 Å². The molecule has 0 radical (unpaired) electrons. The average Bonchev–Trinajstić information content (AvgIpc) is 2.65. The molecule has 0 saturated carbocycles. The number of para-hydroxylation sites is 1. The van der Waals surface area contributed by atoms with Crippen LogP contribution in [0.5, 0.6) is 0 Å². The molecule has 0 aliphatic heterocycles. The van der Waals surface area contributed by atoms with Crippen LogP contribution in [0.2, 0.25) is 5.02 Å². The monoisotopic (exact) mass is 371 g/mol. The Morgan fingerprint density at radius 1 is 1.15 bits per heavy atom. The summed E-state index contributed by atoms with van der Waals surface area (Å²) in [5.41, 5.74) is 2.51. The quantitative estimate of drug-likeness (QED) is 0.547. The number of anilines is 1. The first-order valence-electron chi connectivity index (χ1n) is 8.49. The van der Waals surface area contributed by atoms with E-state index in [0.717, 1.165) is 17.7 Å². The van der Waals surface area contributed by atoms with E-state index >= 15 is 0 Å². The normalized spacial score (nSPS) is 12.0. The summed E-state index contributed by atoms with van der Waals surface area (Å²) in [6.45, 7) is 3.85. The summed E-state index contributed by atoms with van der Waals surface area (Å²) in [5.74, 6) is -0.650. The molecule has 0 unspecified atom stereocenters. The summed E-state index contributed by atoms with van der Waals surface area (Å²) >= 11 is 6.01. The highest BCUT2D eigenvalue weighted by molar-refractivity contribution is 6.32. The van der Waals surface area contributed by atoms with Gasteiger partial charge in [-0.05, 0) is 41.7 Å². The van der Waals surface area contributed by atoms with Crippen molar-refractivity contribution < 1.29 is 14.3 Å². The van der Waals surface area contributed by atoms with Gasteiger partial charge in [0.25, 0.3) is 5.91 Å².